The lowest BCUT2D eigenvalue weighted by Crippen LogP contribution is -2.58. The van der Waals surface area contributed by atoms with Crippen molar-refractivity contribution in [1.82, 2.24) is 4.98 Å². The smallest absolute Gasteiger partial charge is 0.0422 e. The van der Waals surface area contributed by atoms with Gasteiger partial charge < -0.3 is 11.5 Å². The number of hydrogen-bond acceptors (Lipinski definition) is 3. The van der Waals surface area contributed by atoms with E-state index in [2.05, 4.69) is 4.98 Å². The Morgan fingerprint density at radius 3 is 2.93 bits per heavy atom. The third kappa shape index (κ3) is 2.36. The molecule has 1 aliphatic carbocycles. The van der Waals surface area contributed by atoms with Gasteiger partial charge in [0.25, 0.3) is 0 Å². The average molecular weight is 205 g/mol. The molecule has 2 atom stereocenters. The standard InChI is InChI=1S/C12H19N3/c13-11-6-1-3-7-12(11,14)9-10-5-2-4-8-15-10/h2,4-5,8,11H,1,3,6-7,9,13-14H2. The zero-order chi connectivity index (χ0) is 10.7. The molecule has 3 heteroatoms. The maximum Gasteiger partial charge on any atom is 0.0422 e. The van der Waals surface area contributed by atoms with Crippen LogP contribution in [0.4, 0.5) is 0 Å². The van der Waals surface area contributed by atoms with Crippen LogP contribution in [0.2, 0.25) is 0 Å². The van der Waals surface area contributed by atoms with Gasteiger partial charge in [0.05, 0.1) is 0 Å². The lowest BCUT2D eigenvalue weighted by atomic mass is 9.76. The van der Waals surface area contributed by atoms with Crippen molar-refractivity contribution in [3.63, 3.8) is 0 Å². The Hall–Kier alpha value is -0.930. The highest BCUT2D eigenvalue weighted by atomic mass is 14.9. The molecule has 2 rings (SSSR count). The zero-order valence-electron chi connectivity index (χ0n) is 9.02. The lowest BCUT2D eigenvalue weighted by Gasteiger charge is -2.39. The van der Waals surface area contributed by atoms with Crippen molar-refractivity contribution < 1.29 is 0 Å². The highest BCUT2D eigenvalue weighted by molar-refractivity contribution is 5.11. The summed E-state index contributed by atoms with van der Waals surface area (Å²) in [6.07, 6.45) is 7.08. The van der Waals surface area contributed by atoms with Gasteiger partial charge in [-0.1, -0.05) is 18.9 Å². The van der Waals surface area contributed by atoms with Crippen LogP contribution in [-0.4, -0.2) is 16.6 Å². The number of aromatic nitrogens is 1. The maximum atomic E-state index is 6.37. The van der Waals surface area contributed by atoms with Gasteiger partial charge >= 0.3 is 0 Å². The van der Waals surface area contributed by atoms with Crippen molar-refractivity contribution >= 4 is 0 Å². The van der Waals surface area contributed by atoms with Gasteiger partial charge in [-0.3, -0.25) is 4.98 Å². The Morgan fingerprint density at radius 1 is 1.40 bits per heavy atom. The number of nitrogens with zero attached hydrogens (tertiary/aromatic N) is 1. The van der Waals surface area contributed by atoms with E-state index in [1.165, 1.54) is 12.8 Å². The summed E-state index contributed by atoms with van der Waals surface area (Å²) in [6, 6.07) is 6.07. The van der Waals surface area contributed by atoms with Crippen LogP contribution >= 0.6 is 0 Å². The van der Waals surface area contributed by atoms with E-state index < -0.39 is 0 Å². The molecule has 15 heavy (non-hydrogen) atoms. The quantitative estimate of drug-likeness (QED) is 0.763. The first-order valence-electron chi connectivity index (χ1n) is 5.65. The number of pyridine rings is 1. The van der Waals surface area contributed by atoms with Crippen LogP contribution in [0.1, 0.15) is 31.4 Å². The van der Waals surface area contributed by atoms with Gasteiger partial charge in [-0.15, -0.1) is 0 Å². The second kappa shape index (κ2) is 4.29. The monoisotopic (exact) mass is 205 g/mol. The van der Waals surface area contributed by atoms with Crippen molar-refractivity contribution in [2.75, 3.05) is 0 Å². The lowest BCUT2D eigenvalue weighted by molar-refractivity contribution is 0.249. The number of rotatable bonds is 2. The molecule has 1 saturated carbocycles. The molecule has 1 aromatic rings. The summed E-state index contributed by atoms with van der Waals surface area (Å²) in [4.78, 5) is 4.32. The first-order chi connectivity index (χ1) is 7.21. The van der Waals surface area contributed by atoms with Gasteiger partial charge in [0.1, 0.15) is 0 Å². The molecule has 4 N–H and O–H groups in total. The number of nitrogens with two attached hydrogens (primary N) is 2. The molecule has 0 bridgehead atoms. The molecule has 0 amide bonds. The summed E-state index contributed by atoms with van der Waals surface area (Å²) < 4.78 is 0. The molecule has 0 aromatic carbocycles. The third-order valence-corrected chi connectivity index (χ3v) is 3.38. The van der Waals surface area contributed by atoms with E-state index in [1.807, 2.05) is 24.4 Å². The number of hydrogen-bond donors (Lipinski definition) is 2. The normalized spacial score (nSPS) is 31.5. The van der Waals surface area contributed by atoms with E-state index in [-0.39, 0.29) is 11.6 Å². The second-order valence-electron chi connectivity index (χ2n) is 4.58. The van der Waals surface area contributed by atoms with Gasteiger partial charge in [0, 0.05) is 29.9 Å². The van der Waals surface area contributed by atoms with Crippen LogP contribution in [-0.2, 0) is 6.42 Å². The fraction of sp³-hybridized carbons (Fsp3) is 0.583. The fourth-order valence-electron chi connectivity index (χ4n) is 2.35. The van der Waals surface area contributed by atoms with Crippen molar-refractivity contribution in [3.8, 4) is 0 Å². The molecule has 82 valence electrons. The second-order valence-corrected chi connectivity index (χ2v) is 4.58. The van der Waals surface area contributed by atoms with Crippen molar-refractivity contribution in [2.45, 2.75) is 43.7 Å². The first kappa shape index (κ1) is 10.6. The van der Waals surface area contributed by atoms with E-state index in [1.54, 1.807) is 0 Å². The molecule has 1 heterocycles. The molecule has 1 fully saturated rings. The van der Waals surface area contributed by atoms with Crippen LogP contribution in [0.3, 0.4) is 0 Å². The Balaban J connectivity index is 2.09. The molecule has 0 aliphatic heterocycles. The zero-order valence-corrected chi connectivity index (χ0v) is 9.02. The van der Waals surface area contributed by atoms with Gasteiger partial charge in [-0.2, -0.15) is 0 Å². The minimum atomic E-state index is -0.243. The summed E-state index contributed by atoms with van der Waals surface area (Å²) in [5.74, 6) is 0. The molecule has 1 aliphatic rings. The van der Waals surface area contributed by atoms with Gasteiger partial charge in [-0.05, 0) is 25.0 Å². The molecule has 1 aromatic heterocycles. The molecule has 0 spiro atoms. The first-order valence-corrected chi connectivity index (χ1v) is 5.65. The molecule has 0 radical (unpaired) electrons. The molecule has 0 saturated heterocycles. The Labute approximate surface area is 90.9 Å². The van der Waals surface area contributed by atoms with Crippen LogP contribution in [0.5, 0.6) is 0 Å². The summed E-state index contributed by atoms with van der Waals surface area (Å²) >= 11 is 0. The Bertz CT molecular complexity index is 312. The summed E-state index contributed by atoms with van der Waals surface area (Å²) in [7, 11) is 0. The average Bonchev–Trinajstić information content (AvgIpc) is 2.24. The van der Waals surface area contributed by atoms with Gasteiger partial charge in [-0.25, -0.2) is 0 Å². The van der Waals surface area contributed by atoms with Crippen molar-refractivity contribution in [3.05, 3.63) is 30.1 Å². The molecule has 2 unspecified atom stereocenters. The van der Waals surface area contributed by atoms with Crippen LogP contribution in [0, 0.1) is 0 Å². The van der Waals surface area contributed by atoms with Gasteiger partial charge in [0.15, 0.2) is 0 Å². The SMILES string of the molecule is NC1CCCCC1(N)Cc1ccccn1. The molecular weight excluding hydrogens is 186 g/mol. The van der Waals surface area contributed by atoms with E-state index in [4.69, 9.17) is 11.5 Å². The van der Waals surface area contributed by atoms with Gasteiger partial charge in [0.2, 0.25) is 0 Å². The van der Waals surface area contributed by atoms with Crippen LogP contribution < -0.4 is 11.5 Å². The van der Waals surface area contributed by atoms with E-state index in [9.17, 15) is 0 Å². The summed E-state index contributed by atoms with van der Waals surface area (Å²) in [5.41, 5.74) is 13.3. The van der Waals surface area contributed by atoms with Crippen molar-refractivity contribution in [2.24, 2.45) is 11.5 Å². The highest BCUT2D eigenvalue weighted by Gasteiger charge is 2.35. The van der Waals surface area contributed by atoms with Crippen LogP contribution in [0.25, 0.3) is 0 Å². The largest absolute Gasteiger partial charge is 0.326 e. The van der Waals surface area contributed by atoms with E-state index in [0.717, 1.165) is 25.0 Å². The Kier molecular flexibility index (Phi) is 3.03. The van der Waals surface area contributed by atoms with Crippen molar-refractivity contribution in [1.29, 1.82) is 0 Å². The minimum Gasteiger partial charge on any atom is -0.326 e. The minimum absolute atomic E-state index is 0.119. The predicted molar refractivity (Wildman–Crippen MR) is 61.3 cm³/mol. The summed E-state index contributed by atoms with van der Waals surface area (Å²) in [5, 5.41) is 0. The Morgan fingerprint density at radius 2 is 2.27 bits per heavy atom. The maximum absolute atomic E-state index is 6.37. The predicted octanol–water partition coefficient (Wildman–Crippen LogP) is 1.22. The topological polar surface area (TPSA) is 64.9 Å². The third-order valence-electron chi connectivity index (χ3n) is 3.38. The van der Waals surface area contributed by atoms with Crippen LogP contribution in [0.15, 0.2) is 24.4 Å². The fourth-order valence-corrected chi connectivity index (χ4v) is 2.35. The molecule has 3 nitrogen and oxygen atoms in total. The van der Waals surface area contributed by atoms with E-state index >= 15 is 0 Å². The molecular formula is C12H19N3. The summed E-state index contributed by atoms with van der Waals surface area (Å²) in [6.45, 7) is 0. The highest BCUT2D eigenvalue weighted by Crippen LogP contribution is 2.27. The van der Waals surface area contributed by atoms with E-state index in [0.29, 0.717) is 0 Å².